The lowest BCUT2D eigenvalue weighted by atomic mass is 9.62. The average molecular weight is 681 g/mol. The van der Waals surface area contributed by atoms with Gasteiger partial charge in [0.25, 0.3) is 5.91 Å². The van der Waals surface area contributed by atoms with Gasteiger partial charge < -0.3 is 19.5 Å². The van der Waals surface area contributed by atoms with Crippen LogP contribution in [0.25, 0.3) is 0 Å². The number of hydrogen-bond donors (Lipinski definition) is 1. The number of rotatable bonds is 9. The molecule has 10 nitrogen and oxygen atoms in total. The van der Waals surface area contributed by atoms with Gasteiger partial charge in [-0.3, -0.25) is 14.6 Å². The van der Waals surface area contributed by atoms with E-state index in [4.69, 9.17) is 9.72 Å². The summed E-state index contributed by atoms with van der Waals surface area (Å²) >= 11 is 0. The van der Waals surface area contributed by atoms with Crippen molar-refractivity contribution in [3.63, 3.8) is 0 Å². The zero-order chi connectivity index (χ0) is 34.7. The van der Waals surface area contributed by atoms with Crippen molar-refractivity contribution in [1.82, 2.24) is 29.5 Å². The number of anilines is 2. The van der Waals surface area contributed by atoms with E-state index in [-0.39, 0.29) is 35.9 Å². The molecule has 1 amide bonds. The number of carbonyl (C=O) groups is 1. The number of hydrogen-bond acceptors (Lipinski definition) is 8. The Hall–Kier alpha value is -3.55. The van der Waals surface area contributed by atoms with Crippen LogP contribution in [-0.4, -0.2) is 87.4 Å². The van der Waals surface area contributed by atoms with Gasteiger partial charge in [-0.1, -0.05) is 26.7 Å². The number of amides is 1. The molecule has 0 bridgehead atoms. The van der Waals surface area contributed by atoms with Crippen LogP contribution in [0.15, 0.2) is 30.6 Å². The standard InChI is InChI=1S/C36H47F3N8O2/c1-22(2)30-20-44(3)10-11-46(30)18-23-12-27-28(29(13-23)36(37,38)39)19-47(33(27)48)32-15-24(14-31(42-32)41-25-8-6-7-9-25)35(16-26(17-35)49-5)34-43-40-21-45(34)4/h12-15,21-22,25-26,30H,6-11,16-20H2,1-5H3,(H,41,42)/t26-,30?,35+. The Kier molecular flexibility index (Phi) is 8.98. The second kappa shape index (κ2) is 13.0. The number of alkyl halides is 3. The predicted molar refractivity (Wildman–Crippen MR) is 180 cm³/mol. The van der Waals surface area contributed by atoms with Gasteiger partial charge in [0.15, 0.2) is 0 Å². The molecule has 1 atom stereocenters. The minimum absolute atomic E-state index is 0.00338. The molecular formula is C36H47F3N8O2. The fraction of sp³-hybridized carbons (Fsp3) is 0.611. The summed E-state index contributed by atoms with van der Waals surface area (Å²) in [5.41, 5.74) is 0.197. The minimum Gasteiger partial charge on any atom is -0.381 e. The zero-order valence-corrected chi connectivity index (χ0v) is 29.1. The van der Waals surface area contributed by atoms with E-state index in [0.717, 1.165) is 56.7 Å². The molecule has 2 saturated carbocycles. The highest BCUT2D eigenvalue weighted by Crippen LogP contribution is 2.51. The lowest BCUT2D eigenvalue weighted by molar-refractivity contribution is -0.138. The van der Waals surface area contributed by atoms with Crippen molar-refractivity contribution in [2.75, 3.05) is 44.0 Å². The number of aromatic nitrogens is 4. The number of ether oxygens (including phenoxy) is 1. The summed E-state index contributed by atoms with van der Waals surface area (Å²) in [7, 11) is 5.67. The molecule has 0 radical (unpaired) electrons. The quantitative estimate of drug-likeness (QED) is 0.312. The number of nitrogens with one attached hydrogen (secondary N) is 1. The van der Waals surface area contributed by atoms with E-state index in [1.807, 2.05) is 23.7 Å². The van der Waals surface area contributed by atoms with Crippen molar-refractivity contribution in [1.29, 1.82) is 0 Å². The van der Waals surface area contributed by atoms with Crippen LogP contribution >= 0.6 is 0 Å². The first-order valence-electron chi connectivity index (χ1n) is 17.5. The first-order chi connectivity index (χ1) is 23.4. The summed E-state index contributed by atoms with van der Waals surface area (Å²) in [6, 6.07) is 7.25. The fourth-order valence-corrected chi connectivity index (χ4v) is 8.48. The van der Waals surface area contributed by atoms with Crippen LogP contribution in [-0.2, 0) is 36.5 Å². The molecule has 2 aliphatic heterocycles. The van der Waals surface area contributed by atoms with E-state index in [9.17, 15) is 18.0 Å². The van der Waals surface area contributed by atoms with Crippen LogP contribution in [0.5, 0.6) is 0 Å². The van der Waals surface area contributed by atoms with Crippen molar-refractivity contribution < 1.29 is 22.7 Å². The summed E-state index contributed by atoms with van der Waals surface area (Å²) in [6.45, 7) is 6.88. The number of halogens is 3. The number of aryl methyl sites for hydroxylation is 1. The van der Waals surface area contributed by atoms with Crippen molar-refractivity contribution >= 4 is 17.5 Å². The molecule has 3 aromatic rings. The Bertz CT molecular complexity index is 1700. The number of likely N-dealkylation sites (N-methyl/N-ethyl adjacent to an activating group) is 1. The number of nitrogens with zero attached hydrogens (tertiary/aromatic N) is 7. The van der Waals surface area contributed by atoms with Gasteiger partial charge in [0.05, 0.1) is 23.6 Å². The Balaban J connectivity index is 1.27. The molecule has 2 aromatic heterocycles. The molecule has 4 heterocycles. The second-order valence-corrected chi connectivity index (χ2v) is 14.9. The molecule has 3 fully saturated rings. The lowest BCUT2D eigenvalue weighted by Gasteiger charge is -2.46. The molecule has 13 heteroatoms. The van der Waals surface area contributed by atoms with E-state index in [1.54, 1.807) is 19.5 Å². The maximum atomic E-state index is 14.7. The number of piperazine rings is 1. The number of carbonyl (C=O) groups excluding carboxylic acids is 1. The molecule has 0 spiro atoms. The van der Waals surface area contributed by atoms with Crippen molar-refractivity contribution in [3.05, 3.63) is 64.2 Å². The van der Waals surface area contributed by atoms with Gasteiger partial charge in [0.2, 0.25) is 0 Å². The van der Waals surface area contributed by atoms with Crippen molar-refractivity contribution in [2.45, 2.75) is 95.2 Å². The van der Waals surface area contributed by atoms with Crippen LogP contribution in [0.2, 0.25) is 0 Å². The highest BCUT2D eigenvalue weighted by Gasteiger charge is 2.51. The van der Waals surface area contributed by atoms with Gasteiger partial charge >= 0.3 is 6.18 Å². The Labute approximate surface area is 286 Å². The summed E-state index contributed by atoms with van der Waals surface area (Å²) in [6.07, 6.45) is 2.64. The highest BCUT2D eigenvalue weighted by atomic mass is 19.4. The summed E-state index contributed by atoms with van der Waals surface area (Å²) in [5, 5.41) is 12.2. The Morgan fingerprint density at radius 1 is 1.08 bits per heavy atom. The van der Waals surface area contributed by atoms with Gasteiger partial charge in [0, 0.05) is 58.0 Å². The molecule has 7 rings (SSSR count). The molecule has 1 saturated heterocycles. The first kappa shape index (κ1) is 33.9. The number of pyridine rings is 1. The van der Waals surface area contributed by atoms with E-state index >= 15 is 0 Å². The van der Waals surface area contributed by atoms with E-state index < -0.39 is 23.1 Å². The van der Waals surface area contributed by atoms with E-state index in [2.05, 4.69) is 46.2 Å². The van der Waals surface area contributed by atoms with Gasteiger partial charge in [-0.05, 0) is 79.6 Å². The van der Waals surface area contributed by atoms with Crippen molar-refractivity contribution in [3.8, 4) is 0 Å². The van der Waals surface area contributed by atoms with E-state index in [0.29, 0.717) is 42.5 Å². The Morgan fingerprint density at radius 2 is 1.84 bits per heavy atom. The molecular weight excluding hydrogens is 633 g/mol. The number of methoxy groups -OCH3 is 1. The van der Waals surface area contributed by atoms with Gasteiger partial charge in [0.1, 0.15) is 23.8 Å². The topological polar surface area (TPSA) is 91.7 Å². The van der Waals surface area contributed by atoms with Gasteiger partial charge in [-0.15, -0.1) is 10.2 Å². The highest BCUT2D eigenvalue weighted by molar-refractivity contribution is 6.10. The minimum atomic E-state index is -4.61. The third-order valence-electron chi connectivity index (χ3n) is 11.3. The monoisotopic (exact) mass is 680 g/mol. The fourth-order valence-electron chi connectivity index (χ4n) is 8.48. The summed E-state index contributed by atoms with van der Waals surface area (Å²) < 4.78 is 51.8. The van der Waals surface area contributed by atoms with Crippen LogP contribution in [0.4, 0.5) is 24.8 Å². The first-order valence-corrected chi connectivity index (χ1v) is 17.5. The van der Waals surface area contributed by atoms with Crippen LogP contribution in [0.3, 0.4) is 0 Å². The average Bonchev–Trinajstić information content (AvgIpc) is 3.78. The van der Waals surface area contributed by atoms with Crippen LogP contribution in [0, 0.1) is 5.92 Å². The zero-order valence-electron chi connectivity index (χ0n) is 29.1. The Morgan fingerprint density at radius 3 is 2.49 bits per heavy atom. The predicted octanol–water partition coefficient (Wildman–Crippen LogP) is 5.61. The third-order valence-corrected chi connectivity index (χ3v) is 11.3. The van der Waals surface area contributed by atoms with Crippen LogP contribution in [0.1, 0.15) is 90.8 Å². The van der Waals surface area contributed by atoms with E-state index in [1.165, 1.54) is 11.0 Å². The van der Waals surface area contributed by atoms with Gasteiger partial charge in [-0.2, -0.15) is 13.2 Å². The molecule has 49 heavy (non-hydrogen) atoms. The molecule has 1 unspecified atom stereocenters. The summed E-state index contributed by atoms with van der Waals surface area (Å²) in [4.78, 5) is 25.1. The number of benzene rings is 1. The SMILES string of the molecule is CO[C@H]1C[C@@](c2cc(NC3CCCC3)nc(N3Cc4c(cc(CN5CCN(C)CC5C(C)C)cc4C(F)(F)F)C3=O)c2)(c2nncn2C)C1. The summed E-state index contributed by atoms with van der Waals surface area (Å²) in [5.74, 6) is 1.58. The second-order valence-electron chi connectivity index (χ2n) is 14.9. The maximum Gasteiger partial charge on any atom is 0.416 e. The molecule has 1 N–H and O–H groups in total. The van der Waals surface area contributed by atoms with Crippen molar-refractivity contribution in [2.24, 2.45) is 13.0 Å². The smallest absolute Gasteiger partial charge is 0.381 e. The normalized spacial score (nSPS) is 25.3. The lowest BCUT2D eigenvalue weighted by Crippen LogP contribution is -2.53. The molecule has 1 aromatic carbocycles. The molecule has 2 aliphatic carbocycles. The largest absolute Gasteiger partial charge is 0.416 e. The third kappa shape index (κ3) is 6.33. The number of fused-ring (bicyclic) bond motifs is 1. The molecule has 264 valence electrons. The maximum absolute atomic E-state index is 14.7. The molecule has 4 aliphatic rings. The van der Waals surface area contributed by atoms with Crippen LogP contribution < -0.4 is 10.2 Å². The van der Waals surface area contributed by atoms with Gasteiger partial charge in [-0.25, -0.2) is 4.98 Å².